The van der Waals surface area contributed by atoms with Crippen LogP contribution >= 0.6 is 11.3 Å². The summed E-state index contributed by atoms with van der Waals surface area (Å²) >= 11 is 1.63. The number of thiophene rings is 1. The summed E-state index contributed by atoms with van der Waals surface area (Å²) in [6.45, 7) is 0.802. The van der Waals surface area contributed by atoms with Crippen molar-refractivity contribution in [3.05, 3.63) is 40.6 Å². The quantitative estimate of drug-likeness (QED) is 0.723. The molecule has 1 saturated heterocycles. The van der Waals surface area contributed by atoms with Crippen LogP contribution in [0.5, 0.6) is 11.5 Å². The van der Waals surface area contributed by atoms with Gasteiger partial charge in [-0.2, -0.15) is 11.3 Å². The molecule has 2 aliphatic rings. The minimum absolute atomic E-state index is 0.00206. The largest absolute Gasteiger partial charge is 0.454 e. The van der Waals surface area contributed by atoms with Gasteiger partial charge in [0.25, 0.3) is 0 Å². The first-order valence-electron chi connectivity index (χ1n) is 8.77. The van der Waals surface area contributed by atoms with Crippen molar-refractivity contribution in [2.75, 3.05) is 18.3 Å². The van der Waals surface area contributed by atoms with Gasteiger partial charge in [0.1, 0.15) is 0 Å². The lowest BCUT2D eigenvalue weighted by Gasteiger charge is -2.14. The van der Waals surface area contributed by atoms with Crippen molar-refractivity contribution >= 4 is 32.1 Å². The fraction of sp³-hybridized carbons (Fsp3) is 0.316. The summed E-state index contributed by atoms with van der Waals surface area (Å²) in [5.74, 6) is 1.92. The van der Waals surface area contributed by atoms with Gasteiger partial charge in [-0.1, -0.05) is 0 Å². The molecular weight excluding hydrogens is 384 g/mol. The van der Waals surface area contributed by atoms with Gasteiger partial charge in [0, 0.05) is 35.0 Å². The van der Waals surface area contributed by atoms with Gasteiger partial charge in [-0.25, -0.2) is 13.4 Å². The summed E-state index contributed by atoms with van der Waals surface area (Å²) in [5.41, 5.74) is 3.88. The van der Waals surface area contributed by atoms with Crippen molar-refractivity contribution in [1.82, 2.24) is 10.3 Å². The first-order valence-corrected chi connectivity index (χ1v) is 11.5. The van der Waals surface area contributed by atoms with Crippen molar-refractivity contribution in [3.63, 3.8) is 0 Å². The maximum atomic E-state index is 11.7. The molecule has 0 radical (unpaired) electrons. The molecule has 27 heavy (non-hydrogen) atoms. The average Bonchev–Trinajstić information content (AvgIpc) is 3.38. The lowest BCUT2D eigenvalue weighted by atomic mass is 10.0. The van der Waals surface area contributed by atoms with Crippen molar-refractivity contribution in [2.45, 2.75) is 19.0 Å². The number of hydrogen-bond acceptors (Lipinski definition) is 7. The van der Waals surface area contributed by atoms with Crippen LogP contribution in [0.1, 0.15) is 12.0 Å². The third-order valence-corrected chi connectivity index (χ3v) is 7.45. The van der Waals surface area contributed by atoms with E-state index in [-0.39, 0.29) is 24.3 Å². The molecule has 2 aliphatic heterocycles. The number of hydrogen-bond donors (Lipinski definition) is 1. The number of nitrogens with zero attached hydrogens (tertiary/aromatic N) is 1. The molecule has 6 nitrogen and oxygen atoms in total. The summed E-state index contributed by atoms with van der Waals surface area (Å²) < 4.78 is 34.4. The van der Waals surface area contributed by atoms with Crippen molar-refractivity contribution < 1.29 is 17.9 Å². The molecule has 0 saturated carbocycles. The molecule has 1 atom stereocenters. The van der Waals surface area contributed by atoms with E-state index in [1.165, 1.54) is 0 Å². The molecule has 0 aliphatic carbocycles. The molecule has 0 amide bonds. The van der Waals surface area contributed by atoms with Gasteiger partial charge in [0.15, 0.2) is 21.3 Å². The molecule has 140 valence electrons. The van der Waals surface area contributed by atoms with Gasteiger partial charge < -0.3 is 14.8 Å². The summed E-state index contributed by atoms with van der Waals surface area (Å²) in [6.07, 6.45) is 0.663. The molecule has 8 heteroatoms. The Labute approximate surface area is 161 Å². The number of ether oxygens (including phenoxy) is 2. The summed E-state index contributed by atoms with van der Waals surface area (Å²) in [6, 6.07) is 8.01. The van der Waals surface area contributed by atoms with Crippen LogP contribution in [0, 0.1) is 0 Å². The Kier molecular flexibility index (Phi) is 4.07. The zero-order valence-corrected chi connectivity index (χ0v) is 16.1. The van der Waals surface area contributed by atoms with E-state index in [0.717, 1.165) is 33.5 Å². The van der Waals surface area contributed by atoms with Gasteiger partial charge in [0.05, 0.1) is 22.7 Å². The van der Waals surface area contributed by atoms with Crippen LogP contribution in [0.15, 0.2) is 35.0 Å². The second-order valence-electron chi connectivity index (χ2n) is 6.89. The molecule has 0 bridgehead atoms. The number of rotatable bonds is 4. The normalized spacial score (nSPS) is 20.4. The van der Waals surface area contributed by atoms with Gasteiger partial charge in [0.2, 0.25) is 6.79 Å². The van der Waals surface area contributed by atoms with E-state index in [2.05, 4.69) is 22.8 Å². The van der Waals surface area contributed by atoms with Crippen LogP contribution in [-0.4, -0.2) is 37.7 Å². The van der Waals surface area contributed by atoms with E-state index in [1.807, 2.05) is 17.5 Å². The molecule has 4 heterocycles. The Bertz CT molecular complexity index is 1110. The minimum Gasteiger partial charge on any atom is -0.454 e. The van der Waals surface area contributed by atoms with Crippen LogP contribution in [0.4, 0.5) is 0 Å². The Balaban J connectivity index is 1.52. The van der Waals surface area contributed by atoms with E-state index in [1.54, 1.807) is 11.3 Å². The third-order valence-electron chi connectivity index (χ3n) is 5.00. The van der Waals surface area contributed by atoms with Crippen molar-refractivity contribution in [3.8, 4) is 22.8 Å². The highest BCUT2D eigenvalue weighted by molar-refractivity contribution is 7.91. The number of aromatic nitrogens is 1. The molecule has 5 rings (SSSR count). The monoisotopic (exact) mass is 402 g/mol. The summed E-state index contributed by atoms with van der Waals surface area (Å²) in [7, 11) is -2.90. The van der Waals surface area contributed by atoms with Crippen LogP contribution in [-0.2, 0) is 16.4 Å². The first kappa shape index (κ1) is 17.0. The second kappa shape index (κ2) is 6.47. The Hall–Kier alpha value is -2.16. The highest BCUT2D eigenvalue weighted by Gasteiger charge is 2.27. The molecular formula is C19H18N2O4S2. The lowest BCUT2D eigenvalue weighted by molar-refractivity contribution is 0.174. The Morgan fingerprint density at radius 2 is 2.07 bits per heavy atom. The molecule has 2 aromatic heterocycles. The Morgan fingerprint density at radius 3 is 2.81 bits per heavy atom. The SMILES string of the molecule is O=S1(=O)CCC(NCc2cc3cc4c(cc3nc2-c2ccsc2)OCO4)C1. The number of nitrogens with one attached hydrogen (secondary N) is 1. The fourth-order valence-electron chi connectivity index (χ4n) is 3.60. The van der Waals surface area contributed by atoms with Crippen LogP contribution in [0.3, 0.4) is 0 Å². The maximum absolute atomic E-state index is 11.7. The van der Waals surface area contributed by atoms with E-state index in [4.69, 9.17) is 14.5 Å². The zero-order valence-electron chi connectivity index (χ0n) is 14.5. The first-order chi connectivity index (χ1) is 13.1. The minimum atomic E-state index is -2.90. The fourth-order valence-corrected chi connectivity index (χ4v) is 5.95. The van der Waals surface area contributed by atoms with E-state index < -0.39 is 9.84 Å². The average molecular weight is 402 g/mol. The number of fused-ring (bicyclic) bond motifs is 2. The highest BCUT2D eigenvalue weighted by atomic mass is 32.2. The third kappa shape index (κ3) is 3.28. The van der Waals surface area contributed by atoms with Gasteiger partial charge in [-0.3, -0.25) is 0 Å². The molecule has 3 aromatic rings. The molecule has 1 N–H and O–H groups in total. The smallest absolute Gasteiger partial charge is 0.231 e. The topological polar surface area (TPSA) is 77.5 Å². The maximum Gasteiger partial charge on any atom is 0.231 e. The van der Waals surface area contributed by atoms with Crippen molar-refractivity contribution in [1.29, 1.82) is 0 Å². The second-order valence-corrected chi connectivity index (χ2v) is 9.90. The standard InChI is InChI=1S/C19H18N2O4S2/c22-27(23)4-2-15(10-27)20-8-14-5-13-6-17-18(25-11-24-17)7-16(13)21-19(14)12-1-3-26-9-12/h1,3,5-7,9,15,20H,2,4,8,10-11H2. The van der Waals surface area contributed by atoms with Crippen LogP contribution in [0.2, 0.25) is 0 Å². The van der Waals surface area contributed by atoms with E-state index in [0.29, 0.717) is 18.7 Å². The molecule has 0 spiro atoms. The van der Waals surface area contributed by atoms with Gasteiger partial charge in [-0.15, -0.1) is 0 Å². The van der Waals surface area contributed by atoms with Crippen LogP contribution in [0.25, 0.3) is 22.2 Å². The predicted octanol–water partition coefficient (Wildman–Crippen LogP) is 2.97. The lowest BCUT2D eigenvalue weighted by Crippen LogP contribution is -2.29. The zero-order chi connectivity index (χ0) is 18.4. The van der Waals surface area contributed by atoms with E-state index >= 15 is 0 Å². The van der Waals surface area contributed by atoms with Crippen LogP contribution < -0.4 is 14.8 Å². The number of pyridine rings is 1. The summed E-state index contributed by atoms with van der Waals surface area (Å²) in [4.78, 5) is 4.88. The Morgan fingerprint density at radius 1 is 1.22 bits per heavy atom. The number of sulfone groups is 1. The van der Waals surface area contributed by atoms with Gasteiger partial charge in [-0.05, 0) is 35.6 Å². The molecule has 1 aromatic carbocycles. The van der Waals surface area contributed by atoms with Crippen molar-refractivity contribution in [2.24, 2.45) is 0 Å². The summed E-state index contributed by atoms with van der Waals surface area (Å²) in [5, 5.41) is 8.49. The van der Waals surface area contributed by atoms with E-state index in [9.17, 15) is 8.42 Å². The highest BCUT2D eigenvalue weighted by Crippen LogP contribution is 2.37. The molecule has 1 unspecified atom stereocenters. The predicted molar refractivity (Wildman–Crippen MR) is 105 cm³/mol. The molecule has 1 fully saturated rings. The number of benzene rings is 1. The van der Waals surface area contributed by atoms with Gasteiger partial charge >= 0.3 is 0 Å².